The van der Waals surface area contributed by atoms with Gasteiger partial charge in [0.25, 0.3) is 0 Å². The van der Waals surface area contributed by atoms with E-state index in [1.54, 1.807) is 0 Å². The summed E-state index contributed by atoms with van der Waals surface area (Å²) in [6.45, 7) is 10.3. The van der Waals surface area contributed by atoms with Gasteiger partial charge in [-0.2, -0.15) is 0 Å². The molecule has 0 fully saturated rings. The minimum atomic E-state index is -0.299. The highest BCUT2D eigenvalue weighted by atomic mass is 16.5. The van der Waals surface area contributed by atoms with Gasteiger partial charge in [-0.05, 0) is 45.4 Å². The van der Waals surface area contributed by atoms with Crippen molar-refractivity contribution in [3.8, 4) is 0 Å². The summed E-state index contributed by atoms with van der Waals surface area (Å²) in [6, 6.07) is 12.2. The van der Waals surface area contributed by atoms with Crippen LogP contribution in [-0.4, -0.2) is 42.3 Å². The molecule has 0 heterocycles. The van der Waals surface area contributed by atoms with E-state index in [9.17, 15) is 9.90 Å². The number of rotatable bonds is 8. The lowest BCUT2D eigenvalue weighted by atomic mass is 10.1. The van der Waals surface area contributed by atoms with Crippen LogP contribution >= 0.6 is 0 Å². The van der Waals surface area contributed by atoms with Crippen molar-refractivity contribution in [1.29, 1.82) is 0 Å². The average molecular weight is 355 g/mol. The third-order valence-electron chi connectivity index (χ3n) is 4.20. The van der Waals surface area contributed by atoms with E-state index in [-0.39, 0.29) is 12.6 Å². The number of aliphatic hydroxyl groups is 1. The van der Waals surface area contributed by atoms with Gasteiger partial charge >= 0.3 is 5.97 Å². The number of nitrogens with zero attached hydrogens (tertiary/aromatic N) is 1. The van der Waals surface area contributed by atoms with Gasteiger partial charge in [-0.1, -0.05) is 46.5 Å². The standard InChI is InChI=1S/C22H29NO3/c1-16-9-17(2)12-20(11-16)15-23(5-7-24)6-8-26-22(25)21-13-18(3)10-19(4)14-21/h9-14,24H,5-8,15H2,1-4H3. The second-order valence-electron chi connectivity index (χ2n) is 7.01. The Morgan fingerprint density at radius 3 is 1.96 bits per heavy atom. The maximum Gasteiger partial charge on any atom is 0.338 e. The molecule has 0 spiro atoms. The zero-order chi connectivity index (χ0) is 19.1. The van der Waals surface area contributed by atoms with Crippen LogP contribution in [0.25, 0.3) is 0 Å². The Morgan fingerprint density at radius 1 is 0.885 bits per heavy atom. The second-order valence-corrected chi connectivity index (χ2v) is 7.01. The van der Waals surface area contributed by atoms with Crippen LogP contribution in [-0.2, 0) is 11.3 Å². The van der Waals surface area contributed by atoms with E-state index in [1.165, 1.54) is 16.7 Å². The lowest BCUT2D eigenvalue weighted by Gasteiger charge is -2.21. The number of esters is 1. The predicted molar refractivity (Wildman–Crippen MR) is 104 cm³/mol. The fourth-order valence-electron chi connectivity index (χ4n) is 3.27. The average Bonchev–Trinajstić information content (AvgIpc) is 2.53. The molecular weight excluding hydrogens is 326 g/mol. The Bertz CT molecular complexity index is 715. The predicted octanol–water partition coefficient (Wildman–Crippen LogP) is 3.57. The van der Waals surface area contributed by atoms with E-state index < -0.39 is 0 Å². The number of hydrogen-bond donors (Lipinski definition) is 1. The Morgan fingerprint density at radius 2 is 1.42 bits per heavy atom. The van der Waals surface area contributed by atoms with E-state index in [2.05, 4.69) is 36.9 Å². The SMILES string of the molecule is Cc1cc(C)cc(CN(CCO)CCOC(=O)c2cc(C)cc(C)c2)c1. The Labute approximate surface area is 156 Å². The van der Waals surface area contributed by atoms with Crippen LogP contribution in [0.15, 0.2) is 36.4 Å². The van der Waals surface area contributed by atoms with Crippen molar-refractivity contribution in [2.45, 2.75) is 34.2 Å². The van der Waals surface area contributed by atoms with E-state index in [0.29, 0.717) is 25.3 Å². The van der Waals surface area contributed by atoms with Gasteiger partial charge < -0.3 is 9.84 Å². The van der Waals surface area contributed by atoms with E-state index >= 15 is 0 Å². The Kier molecular flexibility index (Phi) is 7.37. The van der Waals surface area contributed by atoms with Gasteiger partial charge in [0.15, 0.2) is 0 Å². The topological polar surface area (TPSA) is 49.8 Å². The van der Waals surface area contributed by atoms with Crippen molar-refractivity contribution < 1.29 is 14.6 Å². The molecule has 0 amide bonds. The molecule has 0 aromatic heterocycles. The van der Waals surface area contributed by atoms with Gasteiger partial charge in [0.1, 0.15) is 6.61 Å². The van der Waals surface area contributed by atoms with Gasteiger partial charge in [-0.15, -0.1) is 0 Å². The molecule has 2 rings (SSSR count). The van der Waals surface area contributed by atoms with Crippen LogP contribution < -0.4 is 0 Å². The van der Waals surface area contributed by atoms with Crippen LogP contribution in [0.4, 0.5) is 0 Å². The summed E-state index contributed by atoms with van der Waals surface area (Å²) in [5.74, 6) is -0.299. The first-order valence-electron chi connectivity index (χ1n) is 9.03. The Balaban J connectivity index is 1.92. The summed E-state index contributed by atoms with van der Waals surface area (Å²) in [6.07, 6.45) is 0. The third kappa shape index (κ3) is 6.28. The van der Waals surface area contributed by atoms with Crippen LogP contribution in [0.1, 0.15) is 38.2 Å². The van der Waals surface area contributed by atoms with Gasteiger partial charge in [0.05, 0.1) is 12.2 Å². The van der Waals surface area contributed by atoms with E-state index in [1.807, 2.05) is 32.0 Å². The lowest BCUT2D eigenvalue weighted by Crippen LogP contribution is -2.30. The summed E-state index contributed by atoms with van der Waals surface area (Å²) >= 11 is 0. The molecule has 140 valence electrons. The zero-order valence-electron chi connectivity index (χ0n) is 16.2. The van der Waals surface area contributed by atoms with Crippen molar-refractivity contribution in [1.82, 2.24) is 4.90 Å². The van der Waals surface area contributed by atoms with Crippen LogP contribution in [0.5, 0.6) is 0 Å². The van der Waals surface area contributed by atoms with Crippen molar-refractivity contribution in [3.63, 3.8) is 0 Å². The largest absolute Gasteiger partial charge is 0.461 e. The van der Waals surface area contributed by atoms with Gasteiger partial charge in [-0.3, -0.25) is 4.90 Å². The molecule has 0 bridgehead atoms. The number of carbonyl (C=O) groups is 1. The number of aliphatic hydroxyl groups excluding tert-OH is 1. The highest BCUT2D eigenvalue weighted by Gasteiger charge is 2.11. The summed E-state index contributed by atoms with van der Waals surface area (Å²) in [5.41, 5.74) is 6.35. The van der Waals surface area contributed by atoms with Crippen LogP contribution in [0.2, 0.25) is 0 Å². The number of ether oxygens (including phenoxy) is 1. The fraction of sp³-hybridized carbons (Fsp3) is 0.409. The van der Waals surface area contributed by atoms with Crippen LogP contribution in [0, 0.1) is 27.7 Å². The second kappa shape index (κ2) is 9.51. The molecule has 0 saturated heterocycles. The molecule has 0 saturated carbocycles. The first-order valence-corrected chi connectivity index (χ1v) is 9.03. The normalized spacial score (nSPS) is 11.0. The molecule has 0 atom stereocenters. The number of aryl methyl sites for hydroxylation is 4. The molecule has 0 unspecified atom stereocenters. The summed E-state index contributed by atoms with van der Waals surface area (Å²) in [7, 11) is 0. The van der Waals surface area contributed by atoms with Crippen LogP contribution in [0.3, 0.4) is 0 Å². The molecule has 26 heavy (non-hydrogen) atoms. The molecule has 0 aliphatic heterocycles. The minimum absolute atomic E-state index is 0.0792. The van der Waals surface area contributed by atoms with E-state index in [4.69, 9.17) is 4.74 Å². The maximum absolute atomic E-state index is 12.2. The third-order valence-corrected chi connectivity index (χ3v) is 4.20. The monoisotopic (exact) mass is 355 g/mol. The summed E-state index contributed by atoms with van der Waals surface area (Å²) in [4.78, 5) is 14.3. The number of carbonyl (C=O) groups excluding carboxylic acids is 1. The number of hydrogen-bond acceptors (Lipinski definition) is 4. The highest BCUT2D eigenvalue weighted by Crippen LogP contribution is 2.12. The quantitative estimate of drug-likeness (QED) is 0.736. The molecule has 0 radical (unpaired) electrons. The van der Waals surface area contributed by atoms with Crippen molar-refractivity contribution in [2.24, 2.45) is 0 Å². The number of benzene rings is 2. The van der Waals surface area contributed by atoms with E-state index in [0.717, 1.165) is 17.7 Å². The summed E-state index contributed by atoms with van der Waals surface area (Å²) < 4.78 is 5.44. The smallest absolute Gasteiger partial charge is 0.338 e. The molecule has 2 aromatic rings. The minimum Gasteiger partial charge on any atom is -0.461 e. The maximum atomic E-state index is 12.2. The molecule has 1 N–H and O–H groups in total. The molecule has 4 nitrogen and oxygen atoms in total. The summed E-state index contributed by atoms with van der Waals surface area (Å²) in [5, 5.41) is 9.32. The molecule has 4 heteroatoms. The van der Waals surface area contributed by atoms with Gasteiger partial charge in [0, 0.05) is 19.6 Å². The van der Waals surface area contributed by atoms with Crippen molar-refractivity contribution in [3.05, 3.63) is 69.8 Å². The fourth-order valence-corrected chi connectivity index (χ4v) is 3.27. The molecule has 0 aliphatic carbocycles. The molecule has 0 aliphatic rings. The first-order chi connectivity index (χ1) is 12.4. The first kappa shape index (κ1) is 20.1. The molecule has 2 aromatic carbocycles. The Hall–Kier alpha value is -2.17. The van der Waals surface area contributed by atoms with Gasteiger partial charge in [-0.25, -0.2) is 4.79 Å². The van der Waals surface area contributed by atoms with Crippen molar-refractivity contribution in [2.75, 3.05) is 26.3 Å². The van der Waals surface area contributed by atoms with Crippen molar-refractivity contribution >= 4 is 5.97 Å². The van der Waals surface area contributed by atoms with Gasteiger partial charge in [0.2, 0.25) is 0 Å². The highest BCUT2D eigenvalue weighted by molar-refractivity contribution is 5.89. The zero-order valence-corrected chi connectivity index (χ0v) is 16.2. The molecular formula is C22H29NO3. The lowest BCUT2D eigenvalue weighted by molar-refractivity contribution is 0.0448.